The second-order valence-electron chi connectivity index (χ2n) is 4.90. The maximum absolute atomic E-state index is 12.7. The van der Waals surface area contributed by atoms with E-state index in [1.165, 1.54) is 12.4 Å². The van der Waals surface area contributed by atoms with Gasteiger partial charge in [-0.15, -0.1) is 0 Å². The van der Waals surface area contributed by atoms with Crippen molar-refractivity contribution in [2.75, 3.05) is 20.2 Å². The molecule has 0 aliphatic rings. The molecular weight excluding hydrogens is 316 g/mol. The molecule has 130 valence electrons. The van der Waals surface area contributed by atoms with Crippen molar-refractivity contribution >= 4 is 5.96 Å². The van der Waals surface area contributed by atoms with Crippen molar-refractivity contribution in [3.8, 4) is 5.75 Å². The second-order valence-corrected chi connectivity index (χ2v) is 4.90. The zero-order valence-corrected chi connectivity index (χ0v) is 13.5. The van der Waals surface area contributed by atoms with Crippen LogP contribution in [0.25, 0.3) is 0 Å². The Morgan fingerprint density at radius 1 is 1.29 bits per heavy atom. The van der Waals surface area contributed by atoms with E-state index in [0.717, 1.165) is 16.7 Å². The standard InChI is InChI=1S/C16H21F2N5O/c1-19-16(22-12-14-20-9-10-23(14)15(17)18)21-8-5-11-24-13-6-3-2-4-7-13/h2-4,6-7,9-10,15H,5,8,11-12H2,1H3,(H2,19,21,22). The van der Waals surface area contributed by atoms with Crippen LogP contribution in [0.2, 0.25) is 0 Å². The van der Waals surface area contributed by atoms with Crippen LogP contribution in [-0.2, 0) is 6.54 Å². The Hall–Kier alpha value is -2.64. The summed E-state index contributed by atoms with van der Waals surface area (Å²) in [5.41, 5.74) is 0. The Bertz CT molecular complexity index is 630. The van der Waals surface area contributed by atoms with Gasteiger partial charge < -0.3 is 15.4 Å². The number of rotatable bonds is 8. The van der Waals surface area contributed by atoms with Crippen molar-refractivity contribution in [2.24, 2.45) is 4.99 Å². The molecule has 0 radical (unpaired) electrons. The molecule has 0 saturated heterocycles. The van der Waals surface area contributed by atoms with Gasteiger partial charge in [0.1, 0.15) is 11.6 Å². The van der Waals surface area contributed by atoms with E-state index in [1.807, 2.05) is 30.3 Å². The fourth-order valence-electron chi connectivity index (χ4n) is 2.03. The number of aromatic nitrogens is 2. The first kappa shape index (κ1) is 17.7. The average Bonchev–Trinajstić information content (AvgIpc) is 3.07. The number of benzene rings is 1. The Morgan fingerprint density at radius 3 is 2.79 bits per heavy atom. The summed E-state index contributed by atoms with van der Waals surface area (Å²) in [6.07, 6.45) is 3.38. The summed E-state index contributed by atoms with van der Waals surface area (Å²) in [5.74, 6) is 1.61. The minimum absolute atomic E-state index is 0.164. The fourth-order valence-corrected chi connectivity index (χ4v) is 2.03. The van der Waals surface area contributed by atoms with Gasteiger partial charge in [0.05, 0.1) is 13.2 Å². The van der Waals surface area contributed by atoms with Crippen LogP contribution in [0.5, 0.6) is 5.75 Å². The molecule has 2 aromatic rings. The lowest BCUT2D eigenvalue weighted by Gasteiger charge is -2.13. The molecule has 0 fully saturated rings. The van der Waals surface area contributed by atoms with Crippen LogP contribution in [-0.4, -0.2) is 35.7 Å². The molecule has 0 aliphatic carbocycles. The number of imidazole rings is 1. The van der Waals surface area contributed by atoms with Crippen molar-refractivity contribution in [1.82, 2.24) is 20.2 Å². The number of para-hydroxylation sites is 1. The summed E-state index contributed by atoms with van der Waals surface area (Å²) in [4.78, 5) is 7.95. The summed E-state index contributed by atoms with van der Waals surface area (Å²) in [6, 6.07) is 9.58. The van der Waals surface area contributed by atoms with Crippen molar-refractivity contribution in [3.05, 3.63) is 48.5 Å². The SMILES string of the molecule is CN=C(NCCCOc1ccccc1)NCc1nccn1C(F)F. The molecule has 0 spiro atoms. The van der Waals surface area contributed by atoms with Crippen LogP contribution in [0.4, 0.5) is 8.78 Å². The number of hydrogen-bond donors (Lipinski definition) is 2. The third-order valence-corrected chi connectivity index (χ3v) is 3.22. The first-order valence-corrected chi connectivity index (χ1v) is 7.63. The van der Waals surface area contributed by atoms with Crippen molar-refractivity contribution < 1.29 is 13.5 Å². The average molecular weight is 337 g/mol. The van der Waals surface area contributed by atoms with Gasteiger partial charge in [-0.25, -0.2) is 4.98 Å². The van der Waals surface area contributed by atoms with Crippen molar-refractivity contribution in [1.29, 1.82) is 0 Å². The van der Waals surface area contributed by atoms with Gasteiger partial charge in [0.2, 0.25) is 0 Å². The molecule has 0 amide bonds. The van der Waals surface area contributed by atoms with Gasteiger partial charge in [-0.3, -0.25) is 9.56 Å². The zero-order chi connectivity index (χ0) is 17.2. The number of halogens is 2. The Kier molecular flexibility index (Phi) is 7.00. The topological polar surface area (TPSA) is 63.5 Å². The largest absolute Gasteiger partial charge is 0.494 e. The lowest BCUT2D eigenvalue weighted by atomic mass is 10.3. The highest BCUT2D eigenvalue weighted by molar-refractivity contribution is 5.79. The zero-order valence-electron chi connectivity index (χ0n) is 13.5. The van der Waals surface area contributed by atoms with E-state index < -0.39 is 6.55 Å². The molecule has 1 heterocycles. The highest BCUT2D eigenvalue weighted by atomic mass is 19.3. The molecular formula is C16H21F2N5O. The Balaban J connectivity index is 1.66. The first-order valence-electron chi connectivity index (χ1n) is 7.63. The molecule has 8 heteroatoms. The highest BCUT2D eigenvalue weighted by Gasteiger charge is 2.11. The number of alkyl halides is 2. The second kappa shape index (κ2) is 9.49. The molecule has 0 bridgehead atoms. The summed E-state index contributed by atoms with van der Waals surface area (Å²) >= 11 is 0. The van der Waals surface area contributed by atoms with Gasteiger partial charge in [0.25, 0.3) is 0 Å². The van der Waals surface area contributed by atoms with Crippen molar-refractivity contribution in [3.63, 3.8) is 0 Å². The number of nitrogens with one attached hydrogen (secondary N) is 2. The van der Waals surface area contributed by atoms with E-state index >= 15 is 0 Å². The van der Waals surface area contributed by atoms with E-state index in [1.54, 1.807) is 7.05 Å². The van der Waals surface area contributed by atoms with Crippen LogP contribution in [0.1, 0.15) is 18.8 Å². The van der Waals surface area contributed by atoms with Gasteiger partial charge in [0.15, 0.2) is 5.96 Å². The maximum Gasteiger partial charge on any atom is 0.319 e. The molecule has 0 atom stereocenters. The van der Waals surface area contributed by atoms with Gasteiger partial charge in [0, 0.05) is 26.0 Å². The molecule has 6 nitrogen and oxygen atoms in total. The van der Waals surface area contributed by atoms with Crippen LogP contribution in [0.3, 0.4) is 0 Å². The number of aliphatic imine (C=N–C) groups is 1. The molecule has 2 rings (SSSR count). The molecule has 0 saturated carbocycles. The molecule has 1 aromatic heterocycles. The predicted molar refractivity (Wildman–Crippen MR) is 88.2 cm³/mol. The monoisotopic (exact) mass is 337 g/mol. The fraction of sp³-hybridized carbons (Fsp3) is 0.375. The van der Waals surface area contributed by atoms with Gasteiger partial charge in [-0.1, -0.05) is 18.2 Å². The third-order valence-electron chi connectivity index (χ3n) is 3.22. The van der Waals surface area contributed by atoms with Crippen LogP contribution in [0, 0.1) is 0 Å². The van der Waals surface area contributed by atoms with Crippen LogP contribution >= 0.6 is 0 Å². The normalized spacial score (nSPS) is 11.6. The number of ether oxygens (including phenoxy) is 1. The summed E-state index contributed by atoms with van der Waals surface area (Å²) in [6.45, 7) is -1.22. The lowest BCUT2D eigenvalue weighted by molar-refractivity contribution is 0.0668. The Labute approximate surface area is 139 Å². The maximum atomic E-state index is 12.7. The van der Waals surface area contributed by atoms with Crippen LogP contribution < -0.4 is 15.4 Å². The van der Waals surface area contributed by atoms with Gasteiger partial charge in [-0.2, -0.15) is 8.78 Å². The van der Waals surface area contributed by atoms with Crippen molar-refractivity contribution in [2.45, 2.75) is 19.5 Å². The number of guanidine groups is 1. The molecule has 0 unspecified atom stereocenters. The molecule has 24 heavy (non-hydrogen) atoms. The van der Waals surface area contributed by atoms with Gasteiger partial charge >= 0.3 is 6.55 Å². The Morgan fingerprint density at radius 2 is 2.08 bits per heavy atom. The highest BCUT2D eigenvalue weighted by Crippen LogP contribution is 2.11. The van der Waals surface area contributed by atoms with E-state index in [9.17, 15) is 8.78 Å². The molecule has 1 aromatic carbocycles. The minimum atomic E-state index is -2.60. The van der Waals surface area contributed by atoms with E-state index in [-0.39, 0.29) is 12.4 Å². The van der Waals surface area contributed by atoms with E-state index in [0.29, 0.717) is 19.1 Å². The predicted octanol–water partition coefficient (Wildman–Crippen LogP) is 2.41. The van der Waals surface area contributed by atoms with E-state index in [4.69, 9.17) is 4.74 Å². The van der Waals surface area contributed by atoms with Crippen LogP contribution in [0.15, 0.2) is 47.7 Å². The first-order chi connectivity index (χ1) is 11.7. The smallest absolute Gasteiger partial charge is 0.319 e. The number of nitrogens with zero attached hydrogens (tertiary/aromatic N) is 3. The third kappa shape index (κ3) is 5.53. The lowest BCUT2D eigenvalue weighted by Crippen LogP contribution is -2.38. The summed E-state index contributed by atoms with van der Waals surface area (Å²) in [7, 11) is 1.62. The minimum Gasteiger partial charge on any atom is -0.494 e. The summed E-state index contributed by atoms with van der Waals surface area (Å²) < 4.78 is 31.9. The molecule has 2 N–H and O–H groups in total. The number of hydrogen-bond acceptors (Lipinski definition) is 3. The van der Waals surface area contributed by atoms with E-state index in [2.05, 4.69) is 20.6 Å². The molecule has 0 aliphatic heterocycles. The summed E-state index contributed by atoms with van der Waals surface area (Å²) in [5, 5.41) is 6.06. The van der Waals surface area contributed by atoms with Gasteiger partial charge in [-0.05, 0) is 18.6 Å². The quantitative estimate of drug-likeness (QED) is 0.441.